The van der Waals surface area contributed by atoms with Crippen LogP contribution in [-0.4, -0.2) is 37.2 Å². The topological polar surface area (TPSA) is 161 Å². The number of benzene rings is 1. The highest BCUT2D eigenvalue weighted by atomic mass is 19.1. The number of nitriles is 2. The third-order valence-electron chi connectivity index (χ3n) is 4.99. The van der Waals surface area contributed by atoms with Gasteiger partial charge < -0.3 is 26.4 Å². The molecular formula is C19H18FN9O. The average molecular weight is 407 g/mol. The van der Waals surface area contributed by atoms with E-state index in [-0.39, 0.29) is 28.8 Å². The van der Waals surface area contributed by atoms with Gasteiger partial charge in [0.05, 0.1) is 18.9 Å². The first-order chi connectivity index (χ1) is 14.5. The molecule has 0 radical (unpaired) electrons. The number of morpholine rings is 1. The quantitative estimate of drug-likeness (QED) is 0.421. The van der Waals surface area contributed by atoms with Crippen LogP contribution in [0.3, 0.4) is 0 Å². The number of nitrogens with two attached hydrogens (primary N) is 2. The van der Waals surface area contributed by atoms with Crippen molar-refractivity contribution >= 4 is 29.0 Å². The Bertz CT molecular complexity index is 1110. The van der Waals surface area contributed by atoms with Gasteiger partial charge in [0.15, 0.2) is 6.19 Å². The zero-order valence-electron chi connectivity index (χ0n) is 15.8. The van der Waals surface area contributed by atoms with Gasteiger partial charge in [-0.2, -0.15) is 10.5 Å². The van der Waals surface area contributed by atoms with Crippen LogP contribution in [0.15, 0.2) is 23.2 Å². The lowest BCUT2D eigenvalue weighted by atomic mass is 9.93. The van der Waals surface area contributed by atoms with Crippen molar-refractivity contribution < 1.29 is 9.13 Å². The normalized spacial score (nSPS) is 17.8. The maximum absolute atomic E-state index is 14.3. The fraction of sp³-hybridized carbons (Fsp3) is 0.263. The molecule has 6 N–H and O–H groups in total. The first-order valence-corrected chi connectivity index (χ1v) is 9.14. The van der Waals surface area contributed by atoms with Crippen molar-refractivity contribution in [2.45, 2.75) is 6.04 Å². The lowest BCUT2D eigenvalue weighted by Crippen LogP contribution is -2.37. The van der Waals surface area contributed by atoms with Crippen LogP contribution < -0.4 is 27.0 Å². The maximum Gasteiger partial charge on any atom is 0.211 e. The number of nitrogen functional groups attached to an aromatic ring is 2. The molecular weight excluding hydrogens is 389 g/mol. The van der Waals surface area contributed by atoms with Gasteiger partial charge in [0.2, 0.25) is 5.96 Å². The van der Waals surface area contributed by atoms with Crippen molar-refractivity contribution in [2.24, 2.45) is 4.99 Å². The van der Waals surface area contributed by atoms with Gasteiger partial charge in [-0.3, -0.25) is 5.32 Å². The highest BCUT2D eigenvalue weighted by Gasteiger charge is 2.32. The highest BCUT2D eigenvalue weighted by molar-refractivity contribution is 5.98. The van der Waals surface area contributed by atoms with E-state index in [1.807, 2.05) is 6.07 Å². The van der Waals surface area contributed by atoms with E-state index in [0.29, 0.717) is 37.4 Å². The summed E-state index contributed by atoms with van der Waals surface area (Å²) in [6.07, 6.45) is 1.79. The molecule has 1 saturated heterocycles. The molecule has 0 aliphatic carbocycles. The molecule has 0 amide bonds. The summed E-state index contributed by atoms with van der Waals surface area (Å²) in [5.41, 5.74) is 13.9. The van der Waals surface area contributed by atoms with E-state index in [4.69, 9.17) is 21.5 Å². The molecule has 0 saturated carbocycles. The molecule has 1 aromatic carbocycles. The van der Waals surface area contributed by atoms with Crippen LogP contribution >= 0.6 is 0 Å². The Balaban J connectivity index is 1.94. The fourth-order valence-corrected chi connectivity index (χ4v) is 3.64. The monoisotopic (exact) mass is 407 g/mol. The minimum absolute atomic E-state index is 0.0248. The zero-order chi connectivity index (χ0) is 21.3. The molecule has 1 atom stereocenters. The van der Waals surface area contributed by atoms with Crippen LogP contribution in [0.25, 0.3) is 0 Å². The Morgan fingerprint density at radius 3 is 2.73 bits per heavy atom. The molecule has 0 spiro atoms. The van der Waals surface area contributed by atoms with Gasteiger partial charge in [-0.05, 0) is 18.2 Å². The molecule has 152 valence electrons. The SMILES string of the molecule is N#CNC1=NC(c2cc(F)ccc2N2CCOCC2)c2c(nc(N)c(C#N)c2N)N1. The first kappa shape index (κ1) is 19.2. The molecule has 4 rings (SSSR count). The summed E-state index contributed by atoms with van der Waals surface area (Å²) in [7, 11) is 0. The second-order valence-corrected chi connectivity index (χ2v) is 6.70. The van der Waals surface area contributed by atoms with Crippen molar-refractivity contribution in [3.05, 3.63) is 40.7 Å². The van der Waals surface area contributed by atoms with Crippen molar-refractivity contribution in [3.63, 3.8) is 0 Å². The number of aromatic nitrogens is 1. The number of pyridine rings is 1. The van der Waals surface area contributed by atoms with Crippen molar-refractivity contribution in [1.82, 2.24) is 10.3 Å². The molecule has 1 aromatic heterocycles. The number of rotatable bonds is 2. The van der Waals surface area contributed by atoms with Gasteiger partial charge in [0.1, 0.15) is 35.1 Å². The smallest absolute Gasteiger partial charge is 0.211 e. The number of hydrogen-bond acceptors (Lipinski definition) is 10. The average Bonchev–Trinajstić information content (AvgIpc) is 2.74. The molecule has 1 unspecified atom stereocenters. The summed E-state index contributed by atoms with van der Waals surface area (Å²) in [6.45, 7) is 2.34. The van der Waals surface area contributed by atoms with E-state index < -0.39 is 11.9 Å². The summed E-state index contributed by atoms with van der Waals surface area (Å²) in [5, 5.41) is 23.8. The lowest BCUT2D eigenvalue weighted by molar-refractivity contribution is 0.122. The first-order valence-electron chi connectivity index (χ1n) is 9.14. The Labute approximate surface area is 171 Å². The minimum Gasteiger partial charge on any atom is -0.397 e. The van der Waals surface area contributed by atoms with Crippen LogP contribution in [0.2, 0.25) is 0 Å². The van der Waals surface area contributed by atoms with Gasteiger partial charge in [0, 0.05) is 29.9 Å². The molecule has 2 aliphatic heterocycles. The number of anilines is 4. The standard InChI is InChI=1S/C19H18FN9O/c20-10-1-2-13(29-3-5-30-6-4-29)11(7-10)16-14-15(23)12(8-21)17(24)27-18(14)28-19(26-16)25-9-22/h1-2,7,16H,3-6H2,(H6,23,24,25,26,27,28). The van der Waals surface area contributed by atoms with Gasteiger partial charge in [-0.15, -0.1) is 0 Å². The number of fused-ring (bicyclic) bond motifs is 1. The predicted molar refractivity (Wildman–Crippen MR) is 109 cm³/mol. The number of halogens is 1. The molecule has 0 bridgehead atoms. The van der Waals surface area contributed by atoms with Crippen LogP contribution in [0, 0.1) is 28.6 Å². The van der Waals surface area contributed by atoms with Crippen LogP contribution in [0.1, 0.15) is 22.7 Å². The summed E-state index contributed by atoms with van der Waals surface area (Å²) in [6, 6.07) is 5.57. The molecule has 11 heteroatoms. The predicted octanol–water partition coefficient (Wildman–Crippen LogP) is 1.03. The third-order valence-corrected chi connectivity index (χ3v) is 4.99. The summed E-state index contributed by atoms with van der Waals surface area (Å²) in [5.74, 6) is -0.137. The van der Waals surface area contributed by atoms with E-state index >= 15 is 0 Å². The van der Waals surface area contributed by atoms with Crippen LogP contribution in [0.5, 0.6) is 0 Å². The largest absolute Gasteiger partial charge is 0.397 e. The Kier molecular flexibility index (Phi) is 4.96. The molecule has 2 aromatic rings. The van der Waals surface area contributed by atoms with Crippen LogP contribution in [-0.2, 0) is 4.74 Å². The van der Waals surface area contributed by atoms with Gasteiger partial charge in [-0.1, -0.05) is 0 Å². The Morgan fingerprint density at radius 1 is 1.27 bits per heavy atom. The molecule has 10 nitrogen and oxygen atoms in total. The van der Waals surface area contributed by atoms with Crippen molar-refractivity contribution in [1.29, 1.82) is 10.5 Å². The van der Waals surface area contributed by atoms with Gasteiger partial charge >= 0.3 is 0 Å². The number of guanidine groups is 1. The summed E-state index contributed by atoms with van der Waals surface area (Å²) >= 11 is 0. The Hall–Kier alpha value is -4.09. The second kappa shape index (κ2) is 7.73. The number of ether oxygens (including phenoxy) is 1. The van der Waals surface area contributed by atoms with Crippen molar-refractivity contribution in [3.8, 4) is 12.3 Å². The highest BCUT2D eigenvalue weighted by Crippen LogP contribution is 2.43. The summed E-state index contributed by atoms with van der Waals surface area (Å²) < 4.78 is 19.7. The van der Waals surface area contributed by atoms with E-state index in [9.17, 15) is 9.65 Å². The number of nitrogens with zero attached hydrogens (tertiary/aromatic N) is 5. The van der Waals surface area contributed by atoms with Crippen molar-refractivity contribution in [2.75, 3.05) is 48.0 Å². The molecule has 30 heavy (non-hydrogen) atoms. The lowest BCUT2D eigenvalue weighted by Gasteiger charge is -2.33. The van der Waals surface area contributed by atoms with E-state index in [2.05, 4.69) is 25.5 Å². The van der Waals surface area contributed by atoms with Gasteiger partial charge in [-0.25, -0.2) is 14.4 Å². The minimum atomic E-state index is -0.814. The van der Waals surface area contributed by atoms with Crippen LogP contribution in [0.4, 0.5) is 27.4 Å². The Morgan fingerprint density at radius 2 is 2.03 bits per heavy atom. The number of hydrogen-bond donors (Lipinski definition) is 4. The summed E-state index contributed by atoms with van der Waals surface area (Å²) in [4.78, 5) is 10.8. The van der Waals surface area contributed by atoms with E-state index in [1.165, 1.54) is 12.1 Å². The number of nitrogens with one attached hydrogen (secondary N) is 2. The number of aliphatic imine (C=N–C) groups is 1. The molecule has 2 aliphatic rings. The second-order valence-electron chi connectivity index (χ2n) is 6.70. The third kappa shape index (κ3) is 3.27. The van der Waals surface area contributed by atoms with E-state index in [1.54, 1.807) is 12.3 Å². The fourth-order valence-electron chi connectivity index (χ4n) is 3.64. The molecule has 1 fully saturated rings. The van der Waals surface area contributed by atoms with E-state index in [0.717, 1.165) is 5.69 Å². The molecule has 3 heterocycles. The maximum atomic E-state index is 14.3. The van der Waals surface area contributed by atoms with Gasteiger partial charge in [0.25, 0.3) is 0 Å². The zero-order valence-corrected chi connectivity index (χ0v) is 15.8.